The molecule has 2 aromatic rings. The Morgan fingerprint density at radius 2 is 2.17 bits per heavy atom. The van der Waals surface area contributed by atoms with E-state index in [0.29, 0.717) is 4.88 Å². The number of ketones is 1. The van der Waals surface area contributed by atoms with Crippen molar-refractivity contribution >= 4 is 28.7 Å². The molecule has 0 N–H and O–H groups in total. The van der Waals surface area contributed by atoms with Crippen LogP contribution in [0, 0.1) is 17.1 Å². The van der Waals surface area contributed by atoms with Crippen LogP contribution in [-0.2, 0) is 0 Å². The van der Waals surface area contributed by atoms with Gasteiger partial charge < -0.3 is 0 Å². The maximum Gasteiger partial charge on any atom is 0.186 e. The summed E-state index contributed by atoms with van der Waals surface area (Å²) in [4.78, 5) is 12.8. The van der Waals surface area contributed by atoms with Crippen LogP contribution < -0.4 is 0 Å². The van der Waals surface area contributed by atoms with Crippen LogP contribution >= 0.6 is 22.9 Å². The highest BCUT2D eigenvalue weighted by Gasteiger charge is 2.25. The molecule has 1 atom stereocenters. The highest BCUT2D eigenvalue weighted by Crippen LogP contribution is 2.28. The normalized spacial score (nSPS) is 11.8. The molecule has 0 fully saturated rings. The van der Waals surface area contributed by atoms with Gasteiger partial charge >= 0.3 is 0 Å². The minimum absolute atomic E-state index is 0.0385. The summed E-state index contributed by atoms with van der Waals surface area (Å²) in [5.74, 6) is -2.08. The van der Waals surface area contributed by atoms with Gasteiger partial charge in [0.15, 0.2) is 5.78 Å². The molecular formula is C13H7ClFNOS. The van der Waals surface area contributed by atoms with E-state index in [2.05, 4.69) is 0 Å². The summed E-state index contributed by atoms with van der Waals surface area (Å²) in [7, 11) is 0. The van der Waals surface area contributed by atoms with Crippen LogP contribution in [0.1, 0.15) is 21.2 Å². The van der Waals surface area contributed by atoms with Crippen molar-refractivity contribution < 1.29 is 9.18 Å². The molecule has 0 aliphatic carbocycles. The largest absolute Gasteiger partial charge is 0.292 e. The van der Waals surface area contributed by atoms with Crippen LogP contribution in [0.15, 0.2) is 35.7 Å². The highest BCUT2D eigenvalue weighted by molar-refractivity contribution is 7.10. The van der Waals surface area contributed by atoms with Gasteiger partial charge in [-0.15, -0.1) is 11.3 Å². The molecule has 1 aromatic heterocycles. The average molecular weight is 280 g/mol. The van der Waals surface area contributed by atoms with Gasteiger partial charge in [0.05, 0.1) is 11.1 Å². The number of hydrogen-bond donors (Lipinski definition) is 0. The summed E-state index contributed by atoms with van der Waals surface area (Å²) in [6.07, 6.45) is 0. The van der Waals surface area contributed by atoms with Crippen molar-refractivity contribution in [3.8, 4) is 6.07 Å². The van der Waals surface area contributed by atoms with Crippen LogP contribution in [0.25, 0.3) is 0 Å². The molecule has 0 radical (unpaired) electrons. The smallest absolute Gasteiger partial charge is 0.186 e. The van der Waals surface area contributed by atoms with Crippen LogP contribution in [0.3, 0.4) is 0 Å². The second kappa shape index (κ2) is 5.30. The number of halogens is 2. The molecule has 0 bridgehead atoms. The fourth-order valence-corrected chi connectivity index (χ4v) is 2.54. The van der Waals surface area contributed by atoms with Crippen molar-refractivity contribution in [1.29, 1.82) is 5.26 Å². The minimum atomic E-state index is -0.940. The van der Waals surface area contributed by atoms with E-state index in [4.69, 9.17) is 16.9 Å². The molecule has 2 rings (SSSR count). The van der Waals surface area contributed by atoms with Gasteiger partial charge in [-0.1, -0.05) is 23.7 Å². The van der Waals surface area contributed by atoms with E-state index in [0.717, 1.165) is 0 Å². The zero-order valence-electron chi connectivity index (χ0n) is 9.06. The fourth-order valence-electron chi connectivity index (χ4n) is 1.56. The third-order valence-corrected chi connectivity index (χ3v) is 3.76. The first-order valence-electron chi connectivity index (χ1n) is 5.06. The summed E-state index contributed by atoms with van der Waals surface area (Å²) in [6, 6.07) is 9.38. The van der Waals surface area contributed by atoms with E-state index in [-0.39, 0.29) is 10.6 Å². The predicted octanol–water partition coefficient (Wildman–Crippen LogP) is 4.03. The van der Waals surface area contributed by atoms with Crippen molar-refractivity contribution in [3.05, 3.63) is 57.0 Å². The number of nitriles is 1. The SMILES string of the molecule is N#CC(C(=O)c1cccc(F)c1Cl)c1cccs1. The van der Waals surface area contributed by atoms with Gasteiger partial charge in [0.2, 0.25) is 0 Å². The Labute approximate surface area is 112 Å². The molecule has 2 nitrogen and oxygen atoms in total. The van der Waals surface area contributed by atoms with Crippen molar-refractivity contribution in [2.24, 2.45) is 0 Å². The molecule has 0 saturated carbocycles. The van der Waals surface area contributed by atoms with E-state index >= 15 is 0 Å². The Morgan fingerprint density at radius 3 is 2.78 bits per heavy atom. The maximum atomic E-state index is 13.3. The monoisotopic (exact) mass is 279 g/mol. The summed E-state index contributed by atoms with van der Waals surface area (Å²) in [6.45, 7) is 0. The first-order valence-corrected chi connectivity index (χ1v) is 6.32. The second-order valence-electron chi connectivity index (χ2n) is 3.54. The number of thiophene rings is 1. The van der Waals surface area contributed by atoms with Crippen molar-refractivity contribution in [3.63, 3.8) is 0 Å². The summed E-state index contributed by atoms with van der Waals surface area (Å²) >= 11 is 7.06. The Hall–Kier alpha value is -1.70. The average Bonchev–Trinajstić information content (AvgIpc) is 2.87. The molecule has 0 amide bonds. The predicted molar refractivity (Wildman–Crippen MR) is 68.4 cm³/mol. The zero-order chi connectivity index (χ0) is 13.1. The standard InChI is InChI=1S/C13H7ClFNOS/c14-12-8(3-1-4-10(12)15)13(17)9(7-16)11-5-2-6-18-11/h1-6,9H. The third-order valence-electron chi connectivity index (χ3n) is 2.44. The molecule has 1 heterocycles. The third kappa shape index (κ3) is 2.28. The Morgan fingerprint density at radius 1 is 1.39 bits per heavy atom. The van der Waals surface area contributed by atoms with Crippen molar-refractivity contribution in [1.82, 2.24) is 0 Å². The summed E-state index contributed by atoms with van der Waals surface area (Å²) in [5.41, 5.74) is 0.0385. The van der Waals surface area contributed by atoms with E-state index in [1.807, 2.05) is 6.07 Å². The van der Waals surface area contributed by atoms with Crippen LogP contribution in [0.5, 0.6) is 0 Å². The Kier molecular flexibility index (Phi) is 3.75. The molecule has 0 aliphatic rings. The van der Waals surface area contributed by atoms with E-state index in [1.165, 1.54) is 29.5 Å². The van der Waals surface area contributed by atoms with Crippen LogP contribution in [-0.4, -0.2) is 5.78 Å². The molecule has 0 aliphatic heterocycles. The quantitative estimate of drug-likeness (QED) is 0.796. The number of rotatable bonds is 3. The lowest BCUT2D eigenvalue weighted by Gasteiger charge is -2.08. The maximum absolute atomic E-state index is 13.3. The van der Waals surface area contributed by atoms with Crippen molar-refractivity contribution in [2.45, 2.75) is 5.92 Å². The van der Waals surface area contributed by atoms with Gasteiger partial charge in [0.1, 0.15) is 11.7 Å². The first kappa shape index (κ1) is 12.7. The molecule has 1 unspecified atom stereocenters. The van der Waals surface area contributed by atoms with Crippen LogP contribution in [0.4, 0.5) is 4.39 Å². The number of carbonyl (C=O) groups excluding carboxylic acids is 1. The lowest BCUT2D eigenvalue weighted by Crippen LogP contribution is -2.11. The second-order valence-corrected chi connectivity index (χ2v) is 4.90. The number of hydrogen-bond acceptors (Lipinski definition) is 3. The van der Waals surface area contributed by atoms with E-state index < -0.39 is 17.5 Å². The number of benzene rings is 1. The van der Waals surface area contributed by atoms with Gasteiger partial charge in [-0.05, 0) is 23.6 Å². The fraction of sp³-hybridized carbons (Fsp3) is 0.0769. The lowest BCUT2D eigenvalue weighted by atomic mass is 9.97. The van der Waals surface area contributed by atoms with Gasteiger partial charge in [-0.3, -0.25) is 4.79 Å². The van der Waals surface area contributed by atoms with E-state index in [9.17, 15) is 9.18 Å². The van der Waals surface area contributed by atoms with Crippen molar-refractivity contribution in [2.75, 3.05) is 0 Å². The number of nitrogens with zero attached hydrogens (tertiary/aromatic N) is 1. The molecule has 0 saturated heterocycles. The topological polar surface area (TPSA) is 40.9 Å². The van der Waals surface area contributed by atoms with Gasteiger partial charge in [-0.2, -0.15) is 5.26 Å². The lowest BCUT2D eigenvalue weighted by molar-refractivity contribution is 0.0979. The number of carbonyl (C=O) groups is 1. The zero-order valence-corrected chi connectivity index (χ0v) is 10.6. The molecule has 90 valence electrons. The molecule has 0 spiro atoms. The Bertz CT molecular complexity index is 618. The highest BCUT2D eigenvalue weighted by atomic mass is 35.5. The van der Waals surface area contributed by atoms with Gasteiger partial charge in [0.25, 0.3) is 0 Å². The molecule has 18 heavy (non-hydrogen) atoms. The minimum Gasteiger partial charge on any atom is -0.292 e. The van der Waals surface area contributed by atoms with Gasteiger partial charge in [-0.25, -0.2) is 4.39 Å². The van der Waals surface area contributed by atoms with E-state index in [1.54, 1.807) is 17.5 Å². The molecule has 1 aromatic carbocycles. The summed E-state index contributed by atoms with van der Waals surface area (Å²) in [5, 5.41) is 10.6. The van der Waals surface area contributed by atoms with Crippen LogP contribution in [0.2, 0.25) is 5.02 Å². The molecule has 5 heteroatoms. The molecular weight excluding hydrogens is 273 g/mol. The van der Waals surface area contributed by atoms with Gasteiger partial charge in [0, 0.05) is 10.4 Å². The number of Topliss-reactive ketones (excluding diaryl/α,β-unsaturated/α-hetero) is 1. The summed E-state index contributed by atoms with van der Waals surface area (Å²) < 4.78 is 13.3. The Balaban J connectivity index is 2.42. The first-order chi connectivity index (χ1) is 8.65.